The summed E-state index contributed by atoms with van der Waals surface area (Å²) in [5, 5.41) is 5.60. The quantitative estimate of drug-likeness (QED) is 0.601. The Morgan fingerprint density at radius 3 is 2.89 bits per heavy atom. The Kier molecular flexibility index (Phi) is 6.35. The van der Waals surface area contributed by atoms with Crippen LogP contribution in [0.4, 0.5) is 0 Å². The van der Waals surface area contributed by atoms with E-state index in [0.29, 0.717) is 32.4 Å². The van der Waals surface area contributed by atoms with E-state index in [9.17, 15) is 9.59 Å². The van der Waals surface area contributed by atoms with Gasteiger partial charge < -0.3 is 10.1 Å². The van der Waals surface area contributed by atoms with Crippen LogP contribution in [0.1, 0.15) is 30.5 Å². The predicted octanol–water partition coefficient (Wildman–Crippen LogP) is 1.45. The number of nitrogens with one attached hydrogen (secondary N) is 1. The lowest BCUT2D eigenvalue weighted by molar-refractivity contribution is -0.143. The first kappa shape index (κ1) is 14.6. The number of hydrogen-bond donors (Lipinski definition) is 1. The molecule has 1 aromatic rings. The summed E-state index contributed by atoms with van der Waals surface area (Å²) in [6.07, 6.45) is 1.23. The maximum Gasteiger partial charge on any atom is 0.305 e. The van der Waals surface area contributed by atoms with Gasteiger partial charge in [0, 0.05) is 18.3 Å². The van der Waals surface area contributed by atoms with Gasteiger partial charge in [0.1, 0.15) is 0 Å². The lowest BCUT2D eigenvalue weighted by atomic mass is 10.3. The molecular formula is C12H18N2O3S. The molecule has 100 valence electrons. The fourth-order valence-electron chi connectivity index (χ4n) is 1.41. The standard InChI is InChI=1S/C12H18N2O3S/c1-3-17-12(16)5-4-6-13-11(15)7-10-8-18-9(2)14-10/h8H,3-7H2,1-2H3,(H,13,15). The maximum atomic E-state index is 11.5. The van der Waals surface area contributed by atoms with E-state index in [2.05, 4.69) is 10.3 Å². The van der Waals surface area contributed by atoms with Crippen molar-refractivity contribution < 1.29 is 14.3 Å². The molecule has 0 atom stereocenters. The topological polar surface area (TPSA) is 68.3 Å². The van der Waals surface area contributed by atoms with Gasteiger partial charge in [-0.25, -0.2) is 4.98 Å². The van der Waals surface area contributed by atoms with E-state index in [4.69, 9.17) is 4.74 Å². The first-order valence-corrected chi connectivity index (χ1v) is 6.83. The van der Waals surface area contributed by atoms with E-state index in [-0.39, 0.29) is 11.9 Å². The number of ether oxygens (including phenoxy) is 1. The number of thiazole rings is 1. The molecule has 0 saturated heterocycles. The molecule has 0 aliphatic carbocycles. The lowest BCUT2D eigenvalue weighted by Crippen LogP contribution is -2.26. The third-order valence-corrected chi connectivity index (χ3v) is 3.02. The van der Waals surface area contributed by atoms with Crippen LogP contribution in [-0.4, -0.2) is 30.0 Å². The van der Waals surface area contributed by atoms with Crippen LogP contribution < -0.4 is 5.32 Å². The fraction of sp³-hybridized carbons (Fsp3) is 0.583. The zero-order valence-corrected chi connectivity index (χ0v) is 11.5. The molecule has 6 heteroatoms. The summed E-state index contributed by atoms with van der Waals surface area (Å²) >= 11 is 1.53. The molecule has 5 nitrogen and oxygen atoms in total. The van der Waals surface area contributed by atoms with Crippen molar-refractivity contribution >= 4 is 23.2 Å². The molecule has 1 amide bonds. The van der Waals surface area contributed by atoms with Crippen molar-refractivity contribution in [2.24, 2.45) is 0 Å². The normalized spacial score (nSPS) is 10.1. The van der Waals surface area contributed by atoms with Crippen LogP contribution in [0.25, 0.3) is 0 Å². The first-order chi connectivity index (χ1) is 8.61. The Labute approximate surface area is 111 Å². The van der Waals surface area contributed by atoms with Crippen molar-refractivity contribution in [1.29, 1.82) is 0 Å². The number of nitrogens with zero attached hydrogens (tertiary/aromatic N) is 1. The molecule has 1 N–H and O–H groups in total. The minimum atomic E-state index is -0.220. The monoisotopic (exact) mass is 270 g/mol. The van der Waals surface area contributed by atoms with Crippen LogP contribution in [0.15, 0.2) is 5.38 Å². The summed E-state index contributed by atoms with van der Waals surface area (Å²) in [4.78, 5) is 26.8. The highest BCUT2D eigenvalue weighted by Gasteiger charge is 2.06. The minimum Gasteiger partial charge on any atom is -0.466 e. The van der Waals surface area contributed by atoms with Gasteiger partial charge in [-0.05, 0) is 20.3 Å². The van der Waals surface area contributed by atoms with Crippen molar-refractivity contribution in [2.75, 3.05) is 13.2 Å². The molecule has 0 fully saturated rings. The summed E-state index contributed by atoms with van der Waals surface area (Å²) < 4.78 is 4.79. The predicted molar refractivity (Wildman–Crippen MR) is 69.4 cm³/mol. The van der Waals surface area contributed by atoms with Crippen LogP contribution in [0.2, 0.25) is 0 Å². The first-order valence-electron chi connectivity index (χ1n) is 5.95. The molecule has 0 aliphatic rings. The molecule has 0 bridgehead atoms. The molecular weight excluding hydrogens is 252 g/mol. The van der Waals surface area contributed by atoms with Gasteiger partial charge in [0.2, 0.25) is 5.91 Å². The molecule has 1 rings (SSSR count). The summed E-state index contributed by atoms with van der Waals surface area (Å²) in [5.74, 6) is -0.286. The van der Waals surface area contributed by atoms with E-state index >= 15 is 0 Å². The fourth-order valence-corrected chi connectivity index (χ4v) is 2.02. The van der Waals surface area contributed by atoms with Gasteiger partial charge in [0.25, 0.3) is 0 Å². The zero-order chi connectivity index (χ0) is 13.4. The Morgan fingerprint density at radius 1 is 1.50 bits per heavy atom. The number of aromatic nitrogens is 1. The van der Waals surface area contributed by atoms with Crippen molar-refractivity contribution in [3.63, 3.8) is 0 Å². The van der Waals surface area contributed by atoms with E-state index in [1.54, 1.807) is 6.92 Å². The van der Waals surface area contributed by atoms with Crippen LogP contribution in [0, 0.1) is 6.92 Å². The Balaban J connectivity index is 2.12. The second-order valence-electron chi connectivity index (χ2n) is 3.79. The minimum absolute atomic E-state index is 0.0656. The molecule has 0 saturated carbocycles. The zero-order valence-electron chi connectivity index (χ0n) is 10.7. The SMILES string of the molecule is CCOC(=O)CCCNC(=O)Cc1csc(C)n1. The van der Waals surface area contributed by atoms with E-state index in [0.717, 1.165) is 10.7 Å². The van der Waals surface area contributed by atoms with Gasteiger partial charge in [-0.1, -0.05) is 0 Å². The Hall–Kier alpha value is -1.43. The van der Waals surface area contributed by atoms with Crippen molar-refractivity contribution in [2.45, 2.75) is 33.1 Å². The van der Waals surface area contributed by atoms with Crippen molar-refractivity contribution in [3.05, 3.63) is 16.1 Å². The molecule has 0 aliphatic heterocycles. The van der Waals surface area contributed by atoms with E-state index < -0.39 is 0 Å². The number of carbonyl (C=O) groups excluding carboxylic acids is 2. The van der Waals surface area contributed by atoms with Gasteiger partial charge in [0.15, 0.2) is 0 Å². The average Bonchev–Trinajstić information content (AvgIpc) is 2.70. The number of rotatable bonds is 7. The number of hydrogen-bond acceptors (Lipinski definition) is 5. The Bertz CT molecular complexity index is 404. The summed E-state index contributed by atoms with van der Waals surface area (Å²) in [5.41, 5.74) is 0.792. The van der Waals surface area contributed by atoms with E-state index in [1.165, 1.54) is 11.3 Å². The third-order valence-electron chi connectivity index (χ3n) is 2.19. The summed E-state index contributed by atoms with van der Waals surface area (Å²) in [7, 11) is 0. The number of aryl methyl sites for hydroxylation is 1. The number of esters is 1. The lowest BCUT2D eigenvalue weighted by Gasteiger charge is -2.04. The van der Waals surface area contributed by atoms with Crippen molar-refractivity contribution in [1.82, 2.24) is 10.3 Å². The highest BCUT2D eigenvalue weighted by atomic mass is 32.1. The molecule has 0 aromatic carbocycles. The Morgan fingerprint density at radius 2 is 2.28 bits per heavy atom. The molecule has 0 spiro atoms. The smallest absolute Gasteiger partial charge is 0.305 e. The number of carbonyl (C=O) groups is 2. The number of amides is 1. The maximum absolute atomic E-state index is 11.5. The summed E-state index contributed by atoms with van der Waals surface area (Å²) in [6.45, 7) is 4.57. The largest absolute Gasteiger partial charge is 0.466 e. The van der Waals surface area contributed by atoms with Gasteiger partial charge in [0.05, 0.1) is 23.7 Å². The van der Waals surface area contributed by atoms with Crippen LogP contribution in [0.3, 0.4) is 0 Å². The summed E-state index contributed by atoms with van der Waals surface area (Å²) in [6, 6.07) is 0. The van der Waals surface area contributed by atoms with Gasteiger partial charge in [-0.15, -0.1) is 11.3 Å². The highest BCUT2D eigenvalue weighted by Crippen LogP contribution is 2.08. The van der Waals surface area contributed by atoms with Gasteiger partial charge in [-0.2, -0.15) is 0 Å². The molecule has 0 radical (unpaired) electrons. The molecule has 0 unspecified atom stereocenters. The van der Waals surface area contributed by atoms with Crippen LogP contribution >= 0.6 is 11.3 Å². The van der Waals surface area contributed by atoms with Crippen molar-refractivity contribution in [3.8, 4) is 0 Å². The van der Waals surface area contributed by atoms with Gasteiger partial charge in [-0.3, -0.25) is 9.59 Å². The van der Waals surface area contributed by atoms with Crippen LogP contribution in [-0.2, 0) is 20.7 Å². The molecule has 18 heavy (non-hydrogen) atoms. The van der Waals surface area contributed by atoms with E-state index in [1.807, 2.05) is 12.3 Å². The van der Waals surface area contributed by atoms with Crippen LogP contribution in [0.5, 0.6) is 0 Å². The van der Waals surface area contributed by atoms with Gasteiger partial charge >= 0.3 is 5.97 Å². The second kappa shape index (κ2) is 7.81. The average molecular weight is 270 g/mol. The molecule has 1 heterocycles. The highest BCUT2D eigenvalue weighted by molar-refractivity contribution is 7.09. The third kappa shape index (κ3) is 5.77. The molecule has 1 aromatic heterocycles. The second-order valence-corrected chi connectivity index (χ2v) is 4.86.